The van der Waals surface area contributed by atoms with Crippen LogP contribution >= 0.6 is 0 Å². The number of urea groups is 1. The maximum atomic E-state index is 12.3. The third-order valence-corrected chi connectivity index (χ3v) is 3.45. The van der Waals surface area contributed by atoms with Gasteiger partial charge in [-0.2, -0.15) is 0 Å². The van der Waals surface area contributed by atoms with Crippen molar-refractivity contribution in [3.8, 4) is 0 Å². The number of carboxylic acids is 1. The van der Waals surface area contributed by atoms with Gasteiger partial charge in [-0.3, -0.25) is 4.79 Å². The van der Waals surface area contributed by atoms with E-state index >= 15 is 0 Å². The Kier molecular flexibility index (Phi) is 6.08. The van der Waals surface area contributed by atoms with E-state index in [4.69, 9.17) is 10.2 Å². The summed E-state index contributed by atoms with van der Waals surface area (Å²) in [6, 6.07) is 0.0360. The van der Waals surface area contributed by atoms with Crippen LogP contribution in [0.25, 0.3) is 0 Å². The lowest BCUT2D eigenvalue weighted by atomic mass is 10.1. The van der Waals surface area contributed by atoms with Gasteiger partial charge in [0, 0.05) is 38.7 Å². The number of amides is 2. The summed E-state index contributed by atoms with van der Waals surface area (Å²) in [5, 5.41) is 17.6. The van der Waals surface area contributed by atoms with Crippen LogP contribution in [0.4, 0.5) is 4.79 Å². The predicted molar refractivity (Wildman–Crippen MR) is 70.9 cm³/mol. The average Bonchev–Trinajstić information content (AvgIpc) is 2.76. The van der Waals surface area contributed by atoms with E-state index in [-0.39, 0.29) is 31.0 Å². The molecule has 1 unspecified atom stereocenters. The molecule has 0 saturated carbocycles. The van der Waals surface area contributed by atoms with E-state index in [1.54, 1.807) is 9.80 Å². The normalized spacial score (nSPS) is 18.9. The van der Waals surface area contributed by atoms with Crippen LogP contribution in [0.1, 0.15) is 33.1 Å². The van der Waals surface area contributed by atoms with E-state index in [1.807, 2.05) is 13.8 Å². The highest BCUT2D eigenvalue weighted by atomic mass is 16.4. The number of carbonyl (C=O) groups is 2. The molecule has 0 radical (unpaired) electrons. The van der Waals surface area contributed by atoms with Gasteiger partial charge in [-0.05, 0) is 32.6 Å². The van der Waals surface area contributed by atoms with Gasteiger partial charge in [-0.15, -0.1) is 0 Å². The molecule has 6 heteroatoms. The molecule has 0 aliphatic carbocycles. The molecule has 1 fully saturated rings. The molecule has 0 aromatic carbocycles. The molecular weight excluding hydrogens is 248 g/mol. The van der Waals surface area contributed by atoms with Gasteiger partial charge in [0.1, 0.15) is 0 Å². The lowest BCUT2D eigenvalue weighted by Crippen LogP contribution is -2.46. The largest absolute Gasteiger partial charge is 0.481 e. The second-order valence-corrected chi connectivity index (χ2v) is 5.35. The van der Waals surface area contributed by atoms with Crippen LogP contribution in [0.2, 0.25) is 0 Å². The van der Waals surface area contributed by atoms with Crippen molar-refractivity contribution in [3.05, 3.63) is 0 Å². The first-order valence-electron chi connectivity index (χ1n) is 6.84. The maximum absolute atomic E-state index is 12.3. The first kappa shape index (κ1) is 15.8. The zero-order chi connectivity index (χ0) is 14.4. The SMILES string of the molecule is CC(C)N(CCCO)C(=O)N1CCC(CC(=O)O)C1. The van der Waals surface area contributed by atoms with Gasteiger partial charge < -0.3 is 20.0 Å². The van der Waals surface area contributed by atoms with Gasteiger partial charge in [-0.1, -0.05) is 0 Å². The molecule has 0 aromatic heterocycles. The molecule has 110 valence electrons. The summed E-state index contributed by atoms with van der Waals surface area (Å²) < 4.78 is 0. The van der Waals surface area contributed by atoms with Crippen LogP contribution < -0.4 is 0 Å². The van der Waals surface area contributed by atoms with Crippen molar-refractivity contribution in [2.24, 2.45) is 5.92 Å². The van der Waals surface area contributed by atoms with E-state index in [2.05, 4.69) is 0 Å². The van der Waals surface area contributed by atoms with Crippen molar-refractivity contribution >= 4 is 12.0 Å². The Hall–Kier alpha value is -1.30. The minimum Gasteiger partial charge on any atom is -0.481 e. The molecular formula is C13H24N2O4. The lowest BCUT2D eigenvalue weighted by molar-refractivity contribution is -0.138. The first-order chi connectivity index (χ1) is 8.95. The van der Waals surface area contributed by atoms with E-state index in [9.17, 15) is 9.59 Å². The minimum absolute atomic E-state index is 0.0451. The Labute approximate surface area is 114 Å². The second-order valence-electron chi connectivity index (χ2n) is 5.35. The summed E-state index contributed by atoms with van der Waals surface area (Å²) in [5.74, 6) is -0.742. The maximum Gasteiger partial charge on any atom is 0.320 e. The minimum atomic E-state index is -0.805. The van der Waals surface area contributed by atoms with Crippen LogP contribution in [0.5, 0.6) is 0 Å². The number of aliphatic hydroxyl groups excluding tert-OH is 1. The molecule has 0 spiro atoms. The van der Waals surface area contributed by atoms with Gasteiger partial charge in [0.2, 0.25) is 0 Å². The van der Waals surface area contributed by atoms with Crippen molar-refractivity contribution in [3.63, 3.8) is 0 Å². The summed E-state index contributed by atoms with van der Waals surface area (Å²) in [6.07, 6.45) is 1.45. The number of carboxylic acid groups (broad SMARTS) is 1. The van der Waals surface area contributed by atoms with Gasteiger partial charge in [-0.25, -0.2) is 4.79 Å². The molecule has 1 aliphatic heterocycles. The highest BCUT2D eigenvalue weighted by molar-refractivity contribution is 5.75. The van der Waals surface area contributed by atoms with Gasteiger partial charge >= 0.3 is 12.0 Å². The molecule has 0 aromatic rings. The number of hydrogen-bond acceptors (Lipinski definition) is 3. The number of aliphatic carboxylic acids is 1. The highest BCUT2D eigenvalue weighted by Crippen LogP contribution is 2.21. The summed E-state index contributed by atoms with van der Waals surface area (Å²) in [7, 11) is 0. The molecule has 2 amide bonds. The van der Waals surface area contributed by atoms with Crippen molar-refractivity contribution < 1.29 is 19.8 Å². The zero-order valence-corrected chi connectivity index (χ0v) is 11.7. The molecule has 1 saturated heterocycles. The third kappa shape index (κ3) is 4.70. The van der Waals surface area contributed by atoms with Crippen molar-refractivity contribution in [1.29, 1.82) is 0 Å². The van der Waals surface area contributed by atoms with Crippen LogP contribution in [0.3, 0.4) is 0 Å². The van der Waals surface area contributed by atoms with Crippen LogP contribution in [-0.4, -0.2) is 64.3 Å². The third-order valence-electron chi connectivity index (χ3n) is 3.45. The summed E-state index contributed by atoms with van der Waals surface area (Å²) in [6.45, 7) is 5.64. The quantitative estimate of drug-likeness (QED) is 0.755. The molecule has 19 heavy (non-hydrogen) atoms. The smallest absolute Gasteiger partial charge is 0.320 e. The molecule has 1 atom stereocenters. The van der Waals surface area contributed by atoms with Crippen molar-refractivity contribution in [2.75, 3.05) is 26.2 Å². The number of aliphatic hydroxyl groups is 1. The second kappa shape index (κ2) is 7.33. The number of nitrogens with zero attached hydrogens (tertiary/aromatic N) is 2. The van der Waals surface area contributed by atoms with E-state index in [0.717, 1.165) is 6.42 Å². The first-order valence-corrected chi connectivity index (χ1v) is 6.84. The van der Waals surface area contributed by atoms with E-state index < -0.39 is 5.97 Å². The Morgan fingerprint density at radius 2 is 2.11 bits per heavy atom. The molecule has 1 rings (SSSR count). The summed E-state index contributed by atoms with van der Waals surface area (Å²) in [4.78, 5) is 26.5. The molecule has 0 bridgehead atoms. The number of likely N-dealkylation sites (tertiary alicyclic amines) is 1. The lowest BCUT2D eigenvalue weighted by Gasteiger charge is -2.31. The predicted octanol–water partition coefficient (Wildman–Crippen LogP) is 0.996. The van der Waals surface area contributed by atoms with E-state index in [0.29, 0.717) is 26.1 Å². The Balaban J connectivity index is 2.53. The van der Waals surface area contributed by atoms with Gasteiger partial charge in [0.05, 0.1) is 0 Å². The topological polar surface area (TPSA) is 81.1 Å². The fraction of sp³-hybridized carbons (Fsp3) is 0.846. The molecule has 6 nitrogen and oxygen atoms in total. The Morgan fingerprint density at radius 1 is 1.42 bits per heavy atom. The molecule has 2 N–H and O–H groups in total. The monoisotopic (exact) mass is 272 g/mol. The standard InChI is InChI=1S/C13H24N2O4/c1-10(2)15(5-3-7-16)13(19)14-6-4-11(9-14)8-12(17)18/h10-11,16H,3-9H2,1-2H3,(H,17,18). The Bertz CT molecular complexity index is 320. The number of carbonyl (C=O) groups excluding carboxylic acids is 1. The fourth-order valence-corrected chi connectivity index (χ4v) is 2.42. The van der Waals surface area contributed by atoms with Gasteiger partial charge in [0.15, 0.2) is 0 Å². The molecule has 1 aliphatic rings. The van der Waals surface area contributed by atoms with Crippen molar-refractivity contribution in [2.45, 2.75) is 39.2 Å². The Morgan fingerprint density at radius 3 is 2.63 bits per heavy atom. The van der Waals surface area contributed by atoms with Crippen LogP contribution in [0, 0.1) is 5.92 Å². The van der Waals surface area contributed by atoms with Crippen LogP contribution in [0.15, 0.2) is 0 Å². The zero-order valence-electron chi connectivity index (χ0n) is 11.7. The summed E-state index contributed by atoms with van der Waals surface area (Å²) in [5.41, 5.74) is 0. The summed E-state index contributed by atoms with van der Waals surface area (Å²) >= 11 is 0. The molecule has 1 heterocycles. The van der Waals surface area contributed by atoms with Gasteiger partial charge in [0.25, 0.3) is 0 Å². The van der Waals surface area contributed by atoms with Crippen LogP contribution in [-0.2, 0) is 4.79 Å². The fourth-order valence-electron chi connectivity index (χ4n) is 2.42. The van der Waals surface area contributed by atoms with E-state index in [1.165, 1.54) is 0 Å². The number of hydrogen-bond donors (Lipinski definition) is 2. The number of rotatable bonds is 6. The highest BCUT2D eigenvalue weighted by Gasteiger charge is 2.31. The average molecular weight is 272 g/mol. The van der Waals surface area contributed by atoms with Crippen molar-refractivity contribution in [1.82, 2.24) is 9.80 Å².